The number of H-pyrrole nitrogens is 1. The third-order valence-electron chi connectivity index (χ3n) is 3.56. The van der Waals surface area contributed by atoms with E-state index in [1.165, 1.54) is 4.57 Å². The fraction of sp³-hybridized carbons (Fsp3) is 0.429. The van der Waals surface area contributed by atoms with E-state index in [-0.39, 0.29) is 17.6 Å². The van der Waals surface area contributed by atoms with Crippen LogP contribution in [0.3, 0.4) is 0 Å². The lowest BCUT2D eigenvalue weighted by Gasteiger charge is -2.18. The van der Waals surface area contributed by atoms with Crippen molar-refractivity contribution < 1.29 is 4.74 Å². The van der Waals surface area contributed by atoms with Crippen molar-refractivity contribution in [3.05, 3.63) is 40.6 Å². The quantitative estimate of drug-likeness (QED) is 0.868. The molecule has 0 aliphatic rings. The van der Waals surface area contributed by atoms with Crippen LogP contribution in [0.4, 0.5) is 0 Å². The first-order valence-electron chi connectivity index (χ1n) is 6.65. The van der Waals surface area contributed by atoms with Gasteiger partial charge < -0.3 is 10.5 Å². The maximum atomic E-state index is 12.0. The first-order valence-corrected chi connectivity index (χ1v) is 6.65. The molecule has 0 amide bonds. The topological polar surface area (TPSA) is 85.9 Å². The number of nitrogens with zero attached hydrogens (tertiary/aromatic N) is 2. The van der Waals surface area contributed by atoms with Crippen LogP contribution in [0.1, 0.15) is 32.1 Å². The van der Waals surface area contributed by atoms with Crippen molar-refractivity contribution in [3.63, 3.8) is 0 Å². The van der Waals surface area contributed by atoms with E-state index < -0.39 is 0 Å². The van der Waals surface area contributed by atoms with Crippen LogP contribution in [0.5, 0.6) is 5.75 Å². The van der Waals surface area contributed by atoms with Crippen molar-refractivity contribution in [3.8, 4) is 11.4 Å². The fourth-order valence-electron chi connectivity index (χ4n) is 2.04. The van der Waals surface area contributed by atoms with Gasteiger partial charge in [-0.05, 0) is 18.1 Å². The van der Waals surface area contributed by atoms with Crippen LogP contribution in [0.25, 0.3) is 5.69 Å². The zero-order valence-corrected chi connectivity index (χ0v) is 12.0. The molecule has 1 aromatic carbocycles. The Morgan fingerprint density at radius 3 is 2.90 bits per heavy atom. The van der Waals surface area contributed by atoms with Gasteiger partial charge in [0.1, 0.15) is 5.75 Å². The number of aromatic amines is 1. The third-order valence-corrected chi connectivity index (χ3v) is 3.56. The molecule has 0 saturated carbocycles. The minimum Gasteiger partial charge on any atom is -0.497 e. The maximum absolute atomic E-state index is 12.0. The van der Waals surface area contributed by atoms with E-state index in [1.807, 2.05) is 25.1 Å². The first-order chi connectivity index (χ1) is 9.58. The fourth-order valence-corrected chi connectivity index (χ4v) is 2.04. The van der Waals surface area contributed by atoms with E-state index in [4.69, 9.17) is 10.5 Å². The summed E-state index contributed by atoms with van der Waals surface area (Å²) >= 11 is 0. The summed E-state index contributed by atoms with van der Waals surface area (Å²) in [5.41, 5.74) is 6.59. The van der Waals surface area contributed by atoms with E-state index in [2.05, 4.69) is 17.1 Å². The summed E-state index contributed by atoms with van der Waals surface area (Å²) in [6, 6.07) is 6.95. The van der Waals surface area contributed by atoms with Crippen LogP contribution in [-0.2, 0) is 0 Å². The summed E-state index contributed by atoms with van der Waals surface area (Å²) in [6.45, 7) is 4.10. The number of rotatable bonds is 5. The van der Waals surface area contributed by atoms with Gasteiger partial charge >= 0.3 is 5.69 Å². The average Bonchev–Trinajstić information content (AvgIpc) is 2.87. The predicted molar refractivity (Wildman–Crippen MR) is 77.1 cm³/mol. The largest absolute Gasteiger partial charge is 0.497 e. The molecule has 3 N–H and O–H groups in total. The standard InChI is InChI=1S/C14H20N4O2/c1-4-9(2)12(15)13-16-17-14(19)18(13)10-6-5-7-11(8-10)20-3/h5-9,12H,4,15H2,1-3H3,(H,17,19)/t9-,12-/m0/s1. The van der Waals surface area contributed by atoms with Crippen molar-refractivity contribution in [2.75, 3.05) is 7.11 Å². The Morgan fingerprint density at radius 2 is 2.25 bits per heavy atom. The molecule has 0 saturated heterocycles. The molecular weight excluding hydrogens is 256 g/mol. The van der Waals surface area contributed by atoms with Gasteiger partial charge in [0.05, 0.1) is 18.8 Å². The van der Waals surface area contributed by atoms with E-state index >= 15 is 0 Å². The number of methoxy groups -OCH3 is 1. The second-order valence-electron chi connectivity index (χ2n) is 4.84. The highest BCUT2D eigenvalue weighted by Crippen LogP contribution is 2.22. The maximum Gasteiger partial charge on any atom is 0.347 e. The van der Waals surface area contributed by atoms with Gasteiger partial charge in [-0.1, -0.05) is 26.3 Å². The van der Waals surface area contributed by atoms with Crippen LogP contribution in [0.2, 0.25) is 0 Å². The molecule has 0 aliphatic carbocycles. The van der Waals surface area contributed by atoms with E-state index in [1.54, 1.807) is 13.2 Å². The molecule has 0 spiro atoms. The van der Waals surface area contributed by atoms with E-state index in [0.717, 1.165) is 6.42 Å². The number of hydrogen-bond acceptors (Lipinski definition) is 4. The molecule has 0 aliphatic heterocycles. The van der Waals surface area contributed by atoms with E-state index in [0.29, 0.717) is 17.3 Å². The van der Waals surface area contributed by atoms with Crippen LogP contribution in [0, 0.1) is 5.92 Å². The molecule has 108 valence electrons. The zero-order valence-electron chi connectivity index (χ0n) is 12.0. The Balaban J connectivity index is 2.51. The second kappa shape index (κ2) is 5.92. The number of ether oxygens (including phenoxy) is 1. The van der Waals surface area contributed by atoms with Crippen LogP contribution in [-0.4, -0.2) is 21.9 Å². The summed E-state index contributed by atoms with van der Waals surface area (Å²) in [5, 5.41) is 6.55. The Labute approximate surface area is 117 Å². The van der Waals surface area contributed by atoms with Gasteiger partial charge in [0.2, 0.25) is 0 Å². The molecule has 20 heavy (non-hydrogen) atoms. The minimum atomic E-state index is -0.301. The van der Waals surface area contributed by atoms with Crippen molar-refractivity contribution in [2.45, 2.75) is 26.3 Å². The zero-order chi connectivity index (χ0) is 14.7. The minimum absolute atomic E-state index is 0.231. The van der Waals surface area contributed by atoms with Crippen molar-refractivity contribution in [2.24, 2.45) is 11.7 Å². The molecule has 0 fully saturated rings. The highest BCUT2D eigenvalue weighted by Gasteiger charge is 2.21. The highest BCUT2D eigenvalue weighted by atomic mass is 16.5. The van der Waals surface area contributed by atoms with Crippen LogP contribution < -0.4 is 16.2 Å². The number of benzene rings is 1. The van der Waals surface area contributed by atoms with Crippen molar-refractivity contribution in [1.29, 1.82) is 0 Å². The summed E-state index contributed by atoms with van der Waals surface area (Å²) < 4.78 is 6.68. The molecule has 2 atom stereocenters. The summed E-state index contributed by atoms with van der Waals surface area (Å²) in [4.78, 5) is 12.0. The molecule has 0 unspecified atom stereocenters. The average molecular weight is 276 g/mol. The summed E-state index contributed by atoms with van der Waals surface area (Å²) in [5.74, 6) is 1.45. The van der Waals surface area contributed by atoms with E-state index in [9.17, 15) is 4.79 Å². The second-order valence-corrected chi connectivity index (χ2v) is 4.84. The third kappa shape index (κ3) is 2.60. The SMILES string of the molecule is CC[C@H](C)[C@H](N)c1n[nH]c(=O)n1-c1cccc(OC)c1. The lowest BCUT2D eigenvalue weighted by Crippen LogP contribution is -2.25. The number of hydrogen-bond donors (Lipinski definition) is 2. The summed E-state index contributed by atoms with van der Waals surface area (Å²) in [6.07, 6.45) is 0.917. The molecule has 6 nitrogen and oxygen atoms in total. The summed E-state index contributed by atoms with van der Waals surface area (Å²) in [7, 11) is 1.59. The first kappa shape index (κ1) is 14.3. The molecule has 0 bridgehead atoms. The lowest BCUT2D eigenvalue weighted by molar-refractivity contribution is 0.414. The lowest BCUT2D eigenvalue weighted by atomic mass is 9.99. The molecule has 1 heterocycles. The Bertz CT molecular complexity index is 632. The van der Waals surface area contributed by atoms with Gasteiger partial charge in [-0.2, -0.15) is 5.10 Å². The molecule has 2 aromatic rings. The smallest absolute Gasteiger partial charge is 0.347 e. The molecule has 6 heteroatoms. The molecule has 0 radical (unpaired) electrons. The van der Waals surface area contributed by atoms with Gasteiger partial charge in [-0.25, -0.2) is 14.5 Å². The number of nitrogens with one attached hydrogen (secondary N) is 1. The molecule has 1 aromatic heterocycles. The van der Waals surface area contributed by atoms with Gasteiger partial charge in [-0.3, -0.25) is 0 Å². The predicted octanol–water partition coefficient (Wildman–Crippen LogP) is 1.62. The van der Waals surface area contributed by atoms with Gasteiger partial charge in [0, 0.05) is 6.07 Å². The monoisotopic (exact) mass is 276 g/mol. The van der Waals surface area contributed by atoms with Crippen LogP contribution >= 0.6 is 0 Å². The number of nitrogens with two attached hydrogens (primary N) is 1. The van der Waals surface area contributed by atoms with Crippen molar-refractivity contribution >= 4 is 0 Å². The molecular formula is C14H20N4O2. The normalized spacial score (nSPS) is 14.0. The van der Waals surface area contributed by atoms with Crippen molar-refractivity contribution in [1.82, 2.24) is 14.8 Å². The van der Waals surface area contributed by atoms with Crippen LogP contribution in [0.15, 0.2) is 29.1 Å². The van der Waals surface area contributed by atoms with Gasteiger partial charge in [0.25, 0.3) is 0 Å². The molecule has 2 rings (SSSR count). The van der Waals surface area contributed by atoms with Gasteiger partial charge in [-0.15, -0.1) is 0 Å². The highest BCUT2D eigenvalue weighted by molar-refractivity contribution is 5.40. The Morgan fingerprint density at radius 1 is 1.50 bits per heavy atom. The Hall–Kier alpha value is -2.08. The Kier molecular flexibility index (Phi) is 4.24. The number of aromatic nitrogens is 3. The van der Waals surface area contributed by atoms with Gasteiger partial charge in [0.15, 0.2) is 5.82 Å².